The van der Waals surface area contributed by atoms with E-state index < -0.39 is 0 Å². The topological polar surface area (TPSA) is 68.9 Å². The van der Waals surface area contributed by atoms with Crippen LogP contribution in [0.3, 0.4) is 0 Å². The van der Waals surface area contributed by atoms with E-state index in [1.54, 1.807) is 13.2 Å². The molecule has 0 aliphatic carbocycles. The number of carbonyl (C=O) groups excluding carboxylic acids is 1. The fourth-order valence-corrected chi connectivity index (χ4v) is 1.94. The first-order valence-electron chi connectivity index (χ1n) is 5.51. The summed E-state index contributed by atoms with van der Waals surface area (Å²) in [4.78, 5) is 20.6. The van der Waals surface area contributed by atoms with Gasteiger partial charge in [-0.2, -0.15) is 0 Å². The zero-order valence-electron chi connectivity index (χ0n) is 10.5. The Bertz CT molecular complexity index is 629. The van der Waals surface area contributed by atoms with E-state index in [2.05, 4.69) is 9.97 Å². The highest BCUT2D eigenvalue weighted by atomic mass is 32.2. The second kappa shape index (κ2) is 5.36. The number of halogens is 1. The Morgan fingerprint density at radius 3 is 2.47 bits per heavy atom. The van der Waals surface area contributed by atoms with E-state index >= 15 is 0 Å². The predicted molar refractivity (Wildman–Crippen MR) is 72.8 cm³/mol. The highest BCUT2D eigenvalue weighted by Crippen LogP contribution is 2.20. The maximum Gasteiger partial charge on any atom is 0.211 e. The van der Waals surface area contributed by atoms with Gasteiger partial charge < -0.3 is 5.73 Å². The highest BCUT2D eigenvalue weighted by molar-refractivity contribution is 7.98. The molecule has 2 rings (SSSR count). The minimum Gasteiger partial charge on any atom is -0.383 e. The first-order valence-corrected chi connectivity index (χ1v) is 6.73. The van der Waals surface area contributed by atoms with E-state index in [1.807, 2.05) is 0 Å². The Kier molecular flexibility index (Phi) is 3.80. The molecule has 0 fully saturated rings. The number of aromatic nitrogens is 2. The lowest BCUT2D eigenvalue weighted by molar-refractivity contribution is 0.103. The van der Waals surface area contributed by atoms with Crippen molar-refractivity contribution in [2.45, 2.75) is 12.1 Å². The van der Waals surface area contributed by atoms with Gasteiger partial charge in [0, 0.05) is 11.1 Å². The normalized spacial score (nSPS) is 10.5. The van der Waals surface area contributed by atoms with Crippen LogP contribution in [0.25, 0.3) is 0 Å². The number of rotatable bonds is 3. The fourth-order valence-electron chi connectivity index (χ4n) is 1.56. The summed E-state index contributed by atoms with van der Waals surface area (Å²) >= 11 is 1.31. The average molecular weight is 277 g/mol. The van der Waals surface area contributed by atoms with E-state index in [4.69, 9.17) is 5.73 Å². The number of ketones is 1. The van der Waals surface area contributed by atoms with E-state index in [0.29, 0.717) is 16.3 Å². The van der Waals surface area contributed by atoms with Crippen LogP contribution in [0.15, 0.2) is 29.4 Å². The van der Waals surface area contributed by atoms with Crippen molar-refractivity contribution >= 4 is 23.4 Å². The van der Waals surface area contributed by atoms with Crippen LogP contribution in [-0.4, -0.2) is 22.0 Å². The predicted octanol–water partition coefficient (Wildman–Crippen LogP) is 2.46. The lowest BCUT2D eigenvalue weighted by Gasteiger charge is -2.08. The highest BCUT2D eigenvalue weighted by Gasteiger charge is 2.17. The van der Waals surface area contributed by atoms with Crippen molar-refractivity contribution in [3.05, 3.63) is 46.9 Å². The van der Waals surface area contributed by atoms with Crippen molar-refractivity contribution in [2.24, 2.45) is 0 Å². The molecule has 19 heavy (non-hydrogen) atoms. The number of thioether (sulfide) groups is 1. The lowest BCUT2D eigenvalue weighted by atomic mass is 10.0. The largest absolute Gasteiger partial charge is 0.383 e. The van der Waals surface area contributed by atoms with Crippen molar-refractivity contribution < 1.29 is 9.18 Å². The van der Waals surface area contributed by atoms with E-state index in [1.165, 1.54) is 36.0 Å². The molecule has 0 aliphatic rings. The smallest absolute Gasteiger partial charge is 0.211 e. The van der Waals surface area contributed by atoms with Crippen molar-refractivity contribution in [2.75, 3.05) is 12.0 Å². The Labute approximate surface area is 114 Å². The lowest BCUT2D eigenvalue weighted by Crippen LogP contribution is -2.11. The number of benzene rings is 1. The van der Waals surface area contributed by atoms with Gasteiger partial charge in [0.05, 0.1) is 0 Å². The molecule has 0 amide bonds. The fraction of sp³-hybridized carbons (Fsp3) is 0.154. The summed E-state index contributed by atoms with van der Waals surface area (Å²) in [5, 5.41) is 0.438. The summed E-state index contributed by atoms with van der Waals surface area (Å²) in [6, 6.07) is 5.33. The molecule has 0 aliphatic heterocycles. The van der Waals surface area contributed by atoms with Crippen molar-refractivity contribution in [1.82, 2.24) is 9.97 Å². The van der Waals surface area contributed by atoms with Gasteiger partial charge in [-0.15, -0.1) is 0 Å². The molecule has 0 saturated carbocycles. The average Bonchev–Trinajstić information content (AvgIpc) is 2.41. The van der Waals surface area contributed by atoms with Gasteiger partial charge in [0.1, 0.15) is 17.3 Å². The molecule has 1 aromatic carbocycles. The monoisotopic (exact) mass is 277 g/mol. The maximum atomic E-state index is 12.9. The number of nitrogen functional groups attached to an aromatic ring is 1. The zero-order valence-corrected chi connectivity index (χ0v) is 11.3. The summed E-state index contributed by atoms with van der Waals surface area (Å²) in [6.07, 6.45) is 1.80. The molecule has 6 heteroatoms. The van der Waals surface area contributed by atoms with E-state index in [-0.39, 0.29) is 23.1 Å². The third-order valence-electron chi connectivity index (χ3n) is 2.67. The van der Waals surface area contributed by atoms with Crippen LogP contribution in [0.5, 0.6) is 0 Å². The molecular weight excluding hydrogens is 265 g/mol. The van der Waals surface area contributed by atoms with Crippen LogP contribution in [0.2, 0.25) is 0 Å². The summed E-state index contributed by atoms with van der Waals surface area (Å²) in [5.74, 6) is -0.396. The molecular formula is C13H12FN3OS. The van der Waals surface area contributed by atoms with Crippen molar-refractivity contribution in [1.29, 1.82) is 0 Å². The Balaban J connectivity index is 2.49. The second-order valence-electron chi connectivity index (χ2n) is 3.91. The van der Waals surface area contributed by atoms with Crippen LogP contribution in [-0.2, 0) is 0 Å². The molecule has 2 N–H and O–H groups in total. The number of carbonyl (C=O) groups is 1. The Morgan fingerprint density at radius 1 is 1.26 bits per heavy atom. The molecule has 0 bridgehead atoms. The molecule has 0 atom stereocenters. The number of hydrogen-bond donors (Lipinski definition) is 1. The summed E-state index contributed by atoms with van der Waals surface area (Å²) in [6.45, 7) is 1.69. The molecule has 0 saturated heterocycles. The van der Waals surface area contributed by atoms with Gasteiger partial charge in [-0.25, -0.2) is 14.4 Å². The summed E-state index contributed by atoms with van der Waals surface area (Å²) in [5.41, 5.74) is 6.92. The van der Waals surface area contributed by atoms with Crippen LogP contribution in [0.4, 0.5) is 10.2 Å². The number of hydrogen-bond acceptors (Lipinski definition) is 5. The first-order chi connectivity index (χ1) is 9.02. The van der Waals surface area contributed by atoms with Gasteiger partial charge in [-0.3, -0.25) is 4.79 Å². The van der Waals surface area contributed by atoms with E-state index in [9.17, 15) is 9.18 Å². The van der Waals surface area contributed by atoms with Crippen molar-refractivity contribution in [3.8, 4) is 0 Å². The minimum absolute atomic E-state index is 0.253. The molecule has 0 radical (unpaired) electrons. The Morgan fingerprint density at radius 2 is 1.89 bits per heavy atom. The summed E-state index contributed by atoms with van der Waals surface area (Å²) in [7, 11) is 0. The molecule has 0 spiro atoms. The van der Waals surface area contributed by atoms with Crippen LogP contribution < -0.4 is 5.73 Å². The first kappa shape index (κ1) is 13.5. The maximum absolute atomic E-state index is 12.9. The molecule has 98 valence electrons. The quantitative estimate of drug-likeness (QED) is 0.530. The van der Waals surface area contributed by atoms with Crippen LogP contribution in [0.1, 0.15) is 21.6 Å². The van der Waals surface area contributed by atoms with Gasteiger partial charge in [-0.05, 0) is 37.4 Å². The number of anilines is 1. The zero-order chi connectivity index (χ0) is 14.0. The SMILES string of the molecule is CSc1nc(N)c(C)c(C(=O)c2ccc(F)cc2)n1. The summed E-state index contributed by atoms with van der Waals surface area (Å²) < 4.78 is 12.9. The number of nitrogens with two attached hydrogens (primary N) is 1. The van der Waals surface area contributed by atoms with Crippen LogP contribution >= 0.6 is 11.8 Å². The van der Waals surface area contributed by atoms with Crippen LogP contribution in [0, 0.1) is 12.7 Å². The molecule has 2 aromatic rings. The standard InChI is InChI=1S/C13H12FN3OS/c1-7-10(16-13(19-2)17-12(7)15)11(18)8-3-5-9(14)6-4-8/h3-6H,1-2H3,(H2,15,16,17). The molecule has 4 nitrogen and oxygen atoms in total. The van der Waals surface area contributed by atoms with Gasteiger partial charge in [-0.1, -0.05) is 11.8 Å². The van der Waals surface area contributed by atoms with Crippen molar-refractivity contribution in [3.63, 3.8) is 0 Å². The number of nitrogens with zero attached hydrogens (tertiary/aromatic N) is 2. The molecule has 1 aromatic heterocycles. The van der Waals surface area contributed by atoms with Gasteiger partial charge in [0.2, 0.25) is 5.78 Å². The molecule has 1 heterocycles. The Hall–Kier alpha value is -1.95. The van der Waals surface area contributed by atoms with Gasteiger partial charge >= 0.3 is 0 Å². The van der Waals surface area contributed by atoms with E-state index in [0.717, 1.165) is 0 Å². The minimum atomic E-state index is -0.389. The van der Waals surface area contributed by atoms with Gasteiger partial charge in [0.25, 0.3) is 0 Å². The van der Waals surface area contributed by atoms with Gasteiger partial charge in [0.15, 0.2) is 5.16 Å². The third-order valence-corrected chi connectivity index (χ3v) is 3.21. The third kappa shape index (κ3) is 2.73. The second-order valence-corrected chi connectivity index (χ2v) is 4.68. The molecule has 0 unspecified atom stereocenters.